The first-order valence-electron chi connectivity index (χ1n) is 9.33. The summed E-state index contributed by atoms with van der Waals surface area (Å²) in [5.74, 6) is -0.962. The molecule has 0 unspecified atom stereocenters. The van der Waals surface area contributed by atoms with Gasteiger partial charge in [0, 0.05) is 26.6 Å². The number of aryl methyl sites for hydroxylation is 1. The van der Waals surface area contributed by atoms with Gasteiger partial charge in [-0.15, -0.1) is 0 Å². The Morgan fingerprint density at radius 1 is 1.26 bits per heavy atom. The molecule has 1 heterocycles. The molecular weight excluding hydrogens is 351 g/mol. The Hall–Kier alpha value is -2.44. The summed E-state index contributed by atoms with van der Waals surface area (Å²) in [5, 5.41) is 0. The van der Waals surface area contributed by atoms with Gasteiger partial charge in [0.25, 0.3) is 0 Å². The normalized spacial score (nSPS) is 14.7. The third kappa shape index (κ3) is 6.34. The predicted molar refractivity (Wildman–Crippen MR) is 98.3 cm³/mol. The molecule has 6 nitrogen and oxygen atoms in total. The number of hydrogen-bond donors (Lipinski definition) is 0. The number of amides is 2. The Morgan fingerprint density at radius 2 is 1.96 bits per heavy atom. The molecule has 1 aliphatic heterocycles. The molecule has 0 atom stereocenters. The summed E-state index contributed by atoms with van der Waals surface area (Å²) in [5.41, 5.74) is 0.754. The largest absolute Gasteiger partial charge is 0.466 e. The van der Waals surface area contributed by atoms with E-state index in [1.807, 2.05) is 0 Å². The van der Waals surface area contributed by atoms with E-state index in [1.54, 1.807) is 31.0 Å². The minimum absolute atomic E-state index is 0.00601. The van der Waals surface area contributed by atoms with Crippen molar-refractivity contribution in [2.24, 2.45) is 5.92 Å². The number of ether oxygens (including phenoxy) is 1. The Kier molecular flexibility index (Phi) is 7.76. The highest BCUT2D eigenvalue weighted by Gasteiger charge is 2.28. The second-order valence-corrected chi connectivity index (χ2v) is 6.79. The first-order chi connectivity index (χ1) is 12.9. The maximum atomic E-state index is 13.2. The quantitative estimate of drug-likeness (QED) is 0.681. The molecule has 148 valence electrons. The molecule has 2 rings (SSSR count). The lowest BCUT2D eigenvalue weighted by molar-refractivity contribution is -0.151. The number of halogens is 1. The summed E-state index contributed by atoms with van der Waals surface area (Å²) >= 11 is 0. The average Bonchev–Trinajstić information content (AvgIpc) is 2.66. The molecule has 0 spiro atoms. The van der Waals surface area contributed by atoms with Gasteiger partial charge in [0.1, 0.15) is 5.82 Å². The van der Waals surface area contributed by atoms with Crippen LogP contribution in [-0.4, -0.2) is 60.9 Å². The molecule has 1 aliphatic rings. The monoisotopic (exact) mass is 378 g/mol. The summed E-state index contributed by atoms with van der Waals surface area (Å²) < 4.78 is 18.2. The van der Waals surface area contributed by atoms with Crippen LogP contribution in [0.5, 0.6) is 0 Å². The predicted octanol–water partition coefficient (Wildman–Crippen LogP) is 2.02. The fourth-order valence-corrected chi connectivity index (χ4v) is 3.15. The molecule has 0 bridgehead atoms. The van der Waals surface area contributed by atoms with Crippen LogP contribution in [0.15, 0.2) is 24.3 Å². The highest BCUT2D eigenvalue weighted by Crippen LogP contribution is 2.19. The van der Waals surface area contributed by atoms with Gasteiger partial charge in [-0.2, -0.15) is 0 Å². The SMILES string of the molecule is CCOC(=O)C1CCN(C(=O)CN(C)C(=O)CCc2cccc(F)c2)CC1. The van der Waals surface area contributed by atoms with Crippen molar-refractivity contribution in [1.82, 2.24) is 9.80 Å². The molecule has 0 radical (unpaired) electrons. The van der Waals surface area contributed by atoms with Crippen molar-refractivity contribution < 1.29 is 23.5 Å². The number of piperidine rings is 1. The van der Waals surface area contributed by atoms with Crippen LogP contribution in [0.2, 0.25) is 0 Å². The van der Waals surface area contributed by atoms with Crippen molar-refractivity contribution in [2.45, 2.75) is 32.6 Å². The van der Waals surface area contributed by atoms with E-state index < -0.39 is 0 Å². The van der Waals surface area contributed by atoms with E-state index >= 15 is 0 Å². The van der Waals surface area contributed by atoms with Gasteiger partial charge in [0.15, 0.2) is 0 Å². The van der Waals surface area contributed by atoms with Crippen molar-refractivity contribution in [1.29, 1.82) is 0 Å². The van der Waals surface area contributed by atoms with E-state index in [4.69, 9.17) is 4.74 Å². The summed E-state index contributed by atoms with van der Waals surface area (Å²) in [7, 11) is 1.59. The minimum Gasteiger partial charge on any atom is -0.466 e. The Labute approximate surface area is 159 Å². The van der Waals surface area contributed by atoms with Crippen LogP contribution in [0.1, 0.15) is 31.7 Å². The molecule has 2 amide bonds. The molecule has 1 aromatic rings. The van der Waals surface area contributed by atoms with Crippen molar-refractivity contribution in [2.75, 3.05) is 33.3 Å². The molecule has 1 fully saturated rings. The van der Waals surface area contributed by atoms with Crippen LogP contribution in [0.4, 0.5) is 4.39 Å². The second kappa shape index (κ2) is 10.0. The van der Waals surface area contributed by atoms with E-state index in [9.17, 15) is 18.8 Å². The fourth-order valence-electron chi connectivity index (χ4n) is 3.15. The molecule has 1 aromatic carbocycles. The number of likely N-dealkylation sites (N-methyl/N-ethyl adjacent to an activating group) is 1. The van der Waals surface area contributed by atoms with Crippen molar-refractivity contribution in [3.63, 3.8) is 0 Å². The van der Waals surface area contributed by atoms with Gasteiger partial charge in [-0.25, -0.2) is 4.39 Å². The number of esters is 1. The standard InChI is InChI=1S/C20H27FN2O4/c1-3-27-20(26)16-9-11-23(12-10-16)19(25)14-22(2)18(24)8-7-15-5-4-6-17(21)13-15/h4-6,13,16H,3,7-12,14H2,1-2H3. The third-order valence-corrected chi connectivity index (χ3v) is 4.78. The summed E-state index contributed by atoms with van der Waals surface area (Å²) in [4.78, 5) is 39.5. The van der Waals surface area contributed by atoms with Crippen LogP contribution in [0.3, 0.4) is 0 Å². The lowest BCUT2D eigenvalue weighted by Crippen LogP contribution is -2.45. The van der Waals surface area contributed by atoms with E-state index in [1.165, 1.54) is 17.0 Å². The Morgan fingerprint density at radius 3 is 2.59 bits per heavy atom. The average molecular weight is 378 g/mol. The number of likely N-dealkylation sites (tertiary alicyclic amines) is 1. The Bertz CT molecular complexity index is 672. The van der Waals surface area contributed by atoms with Gasteiger partial charge >= 0.3 is 5.97 Å². The first-order valence-corrected chi connectivity index (χ1v) is 9.33. The molecule has 0 N–H and O–H groups in total. The van der Waals surface area contributed by atoms with Gasteiger partial charge in [-0.1, -0.05) is 12.1 Å². The molecule has 0 aromatic heterocycles. The van der Waals surface area contributed by atoms with E-state index in [0.29, 0.717) is 39.0 Å². The molecule has 7 heteroatoms. The van der Waals surface area contributed by atoms with E-state index in [0.717, 1.165) is 5.56 Å². The zero-order chi connectivity index (χ0) is 19.8. The lowest BCUT2D eigenvalue weighted by Gasteiger charge is -2.32. The number of benzene rings is 1. The van der Waals surface area contributed by atoms with Crippen LogP contribution in [0, 0.1) is 11.7 Å². The summed E-state index contributed by atoms with van der Waals surface area (Å²) in [6.07, 6.45) is 1.82. The van der Waals surface area contributed by atoms with Crippen LogP contribution < -0.4 is 0 Å². The molecule has 0 aliphatic carbocycles. The van der Waals surface area contributed by atoms with Gasteiger partial charge in [-0.05, 0) is 43.9 Å². The fraction of sp³-hybridized carbons (Fsp3) is 0.550. The zero-order valence-electron chi connectivity index (χ0n) is 15.9. The number of rotatable bonds is 7. The van der Waals surface area contributed by atoms with Gasteiger partial charge in [0.2, 0.25) is 11.8 Å². The van der Waals surface area contributed by atoms with Crippen molar-refractivity contribution >= 4 is 17.8 Å². The first kappa shape index (κ1) is 20.9. The lowest BCUT2D eigenvalue weighted by atomic mass is 9.97. The molecular formula is C20H27FN2O4. The zero-order valence-corrected chi connectivity index (χ0v) is 15.9. The minimum atomic E-state index is -0.324. The van der Waals surface area contributed by atoms with Crippen molar-refractivity contribution in [3.05, 3.63) is 35.6 Å². The van der Waals surface area contributed by atoms with E-state index in [2.05, 4.69) is 0 Å². The number of carbonyl (C=O) groups excluding carboxylic acids is 3. The van der Waals surface area contributed by atoms with Gasteiger partial charge in [0.05, 0.1) is 19.1 Å². The molecule has 0 saturated carbocycles. The maximum absolute atomic E-state index is 13.2. The van der Waals surface area contributed by atoms with E-state index in [-0.39, 0.29) is 42.5 Å². The molecule has 1 saturated heterocycles. The Balaban J connectivity index is 1.74. The smallest absolute Gasteiger partial charge is 0.309 e. The van der Waals surface area contributed by atoms with Crippen LogP contribution in [-0.2, 0) is 25.5 Å². The number of hydrogen-bond acceptors (Lipinski definition) is 4. The highest BCUT2D eigenvalue weighted by molar-refractivity contribution is 5.85. The van der Waals surface area contributed by atoms with Crippen LogP contribution in [0.25, 0.3) is 0 Å². The summed E-state index contributed by atoms with van der Waals surface area (Å²) in [6, 6.07) is 6.16. The van der Waals surface area contributed by atoms with Crippen LogP contribution >= 0.6 is 0 Å². The van der Waals surface area contributed by atoms with Gasteiger partial charge in [-0.3, -0.25) is 14.4 Å². The number of carbonyl (C=O) groups is 3. The second-order valence-electron chi connectivity index (χ2n) is 6.79. The maximum Gasteiger partial charge on any atom is 0.309 e. The van der Waals surface area contributed by atoms with Gasteiger partial charge < -0.3 is 14.5 Å². The number of nitrogens with zero attached hydrogens (tertiary/aromatic N) is 2. The molecule has 27 heavy (non-hydrogen) atoms. The third-order valence-electron chi connectivity index (χ3n) is 4.78. The topological polar surface area (TPSA) is 66.9 Å². The summed E-state index contributed by atoms with van der Waals surface area (Å²) in [6.45, 7) is 3.13. The highest BCUT2D eigenvalue weighted by atomic mass is 19.1. The van der Waals surface area contributed by atoms with Crippen molar-refractivity contribution in [3.8, 4) is 0 Å².